The molecule has 0 bridgehead atoms. The number of thioether (sulfide) groups is 1. The van der Waals surface area contributed by atoms with E-state index in [9.17, 15) is 19.5 Å². The van der Waals surface area contributed by atoms with Crippen molar-refractivity contribution in [2.24, 2.45) is 17.8 Å². The SMILES string of the molecule is Cc1cccc(C)c1N1CC=C[C@]23S[C@@H]4C=CCN(C)C(=O)[C@@H]4[C@H]2C(=O)N([C@@H](CO)C(C)C)C3C1=O. The average Bonchev–Trinajstić information content (AvgIpc) is 3.15. The van der Waals surface area contributed by atoms with E-state index in [2.05, 4.69) is 0 Å². The summed E-state index contributed by atoms with van der Waals surface area (Å²) in [5, 5.41) is 10.2. The molecular formula is C28H35N3O4S. The molecule has 0 aliphatic carbocycles. The summed E-state index contributed by atoms with van der Waals surface area (Å²) < 4.78 is -0.880. The number of hydrogen-bond donors (Lipinski definition) is 1. The van der Waals surface area contributed by atoms with Crippen LogP contribution < -0.4 is 4.90 Å². The van der Waals surface area contributed by atoms with Crippen molar-refractivity contribution in [2.75, 3.05) is 31.6 Å². The van der Waals surface area contributed by atoms with Crippen LogP contribution >= 0.6 is 11.8 Å². The Morgan fingerprint density at radius 3 is 2.39 bits per heavy atom. The van der Waals surface area contributed by atoms with Gasteiger partial charge < -0.3 is 19.8 Å². The lowest BCUT2D eigenvalue weighted by molar-refractivity contribution is -0.144. The lowest BCUT2D eigenvalue weighted by Crippen LogP contribution is -2.58. The van der Waals surface area contributed by atoms with Gasteiger partial charge in [0, 0.05) is 31.1 Å². The highest BCUT2D eigenvalue weighted by Gasteiger charge is 2.71. The number of fused-ring (bicyclic) bond motifs is 2. The van der Waals surface area contributed by atoms with Gasteiger partial charge in [-0.05, 0) is 30.9 Å². The first-order valence-corrected chi connectivity index (χ1v) is 13.6. The average molecular weight is 510 g/mol. The fraction of sp³-hybridized carbons (Fsp3) is 0.536. The molecule has 4 aliphatic rings. The Hall–Kier alpha value is -2.58. The quantitative estimate of drug-likeness (QED) is 0.631. The van der Waals surface area contributed by atoms with Crippen molar-refractivity contribution in [3.8, 4) is 0 Å². The van der Waals surface area contributed by atoms with E-state index in [-0.39, 0.29) is 35.5 Å². The van der Waals surface area contributed by atoms with Crippen LogP contribution in [0.5, 0.6) is 0 Å². The van der Waals surface area contributed by atoms with E-state index >= 15 is 0 Å². The number of aliphatic hydroxyl groups is 1. The van der Waals surface area contributed by atoms with Crippen LogP contribution in [-0.2, 0) is 14.4 Å². The Labute approximate surface area is 217 Å². The summed E-state index contributed by atoms with van der Waals surface area (Å²) in [4.78, 5) is 47.5. The molecule has 2 fully saturated rings. The molecular weight excluding hydrogens is 474 g/mol. The van der Waals surface area contributed by atoms with Gasteiger partial charge in [0.25, 0.3) is 5.91 Å². The van der Waals surface area contributed by atoms with E-state index in [1.165, 1.54) is 0 Å². The number of aryl methyl sites for hydroxylation is 2. The van der Waals surface area contributed by atoms with Gasteiger partial charge >= 0.3 is 0 Å². The molecule has 7 nitrogen and oxygen atoms in total. The molecule has 0 aromatic heterocycles. The van der Waals surface area contributed by atoms with Gasteiger partial charge in [-0.1, -0.05) is 56.4 Å². The third-order valence-electron chi connectivity index (χ3n) is 8.32. The Morgan fingerprint density at radius 2 is 1.75 bits per heavy atom. The molecule has 1 spiro atoms. The zero-order chi connectivity index (χ0) is 25.9. The van der Waals surface area contributed by atoms with Gasteiger partial charge in [-0.3, -0.25) is 14.4 Å². The van der Waals surface area contributed by atoms with E-state index in [1.54, 1.807) is 33.5 Å². The lowest BCUT2D eigenvalue weighted by Gasteiger charge is -2.40. The number of carbonyl (C=O) groups is 3. The zero-order valence-electron chi connectivity index (χ0n) is 21.5. The Kier molecular flexibility index (Phi) is 6.32. The van der Waals surface area contributed by atoms with Crippen LogP contribution in [0.1, 0.15) is 25.0 Å². The molecule has 2 saturated heterocycles. The molecule has 1 aromatic rings. The van der Waals surface area contributed by atoms with Crippen molar-refractivity contribution in [1.29, 1.82) is 0 Å². The number of likely N-dealkylation sites (N-methyl/N-ethyl adjacent to an activating group) is 1. The van der Waals surface area contributed by atoms with Crippen molar-refractivity contribution < 1.29 is 19.5 Å². The fourth-order valence-electron chi connectivity index (χ4n) is 6.61. The van der Waals surface area contributed by atoms with Gasteiger partial charge in [-0.25, -0.2) is 0 Å². The molecule has 1 aromatic carbocycles. The molecule has 6 atom stereocenters. The van der Waals surface area contributed by atoms with Crippen LogP contribution in [0.25, 0.3) is 0 Å². The van der Waals surface area contributed by atoms with Gasteiger partial charge in [0.1, 0.15) is 6.04 Å². The van der Waals surface area contributed by atoms with Gasteiger partial charge in [0.05, 0.1) is 29.2 Å². The molecule has 1 unspecified atom stereocenters. The molecule has 5 rings (SSSR count). The summed E-state index contributed by atoms with van der Waals surface area (Å²) in [6.45, 7) is 8.56. The maximum atomic E-state index is 14.6. The maximum Gasteiger partial charge on any atom is 0.251 e. The van der Waals surface area contributed by atoms with Crippen LogP contribution in [0.3, 0.4) is 0 Å². The van der Waals surface area contributed by atoms with E-state index in [4.69, 9.17) is 0 Å². The molecule has 4 heterocycles. The van der Waals surface area contributed by atoms with Crippen LogP contribution in [0, 0.1) is 31.6 Å². The predicted molar refractivity (Wildman–Crippen MR) is 142 cm³/mol. The van der Waals surface area contributed by atoms with Crippen molar-refractivity contribution >= 4 is 35.2 Å². The third-order valence-corrected chi connectivity index (χ3v) is 10.1. The Bertz CT molecular complexity index is 1140. The minimum atomic E-state index is -0.880. The zero-order valence-corrected chi connectivity index (χ0v) is 22.4. The van der Waals surface area contributed by atoms with Crippen LogP contribution in [-0.4, -0.2) is 81.5 Å². The fourth-order valence-corrected chi connectivity index (χ4v) is 8.61. The highest BCUT2D eigenvalue weighted by atomic mass is 32.2. The first-order valence-electron chi connectivity index (χ1n) is 12.7. The molecule has 8 heteroatoms. The van der Waals surface area contributed by atoms with Crippen molar-refractivity contribution in [3.63, 3.8) is 0 Å². The standard InChI is InChI=1S/C28H35N3O4S/c1-16(2)19(15-32)31-24-27(35)30(23-17(3)9-6-10-18(23)4)14-8-12-28(24)22(26(31)34)21-20(36-28)11-7-13-29(5)25(21)33/h6-12,16,19-22,24,32H,13-15H2,1-5H3/t19-,20+,21-,22-,24?,28-/m0/s1. The van der Waals surface area contributed by atoms with Gasteiger partial charge in [0.2, 0.25) is 11.8 Å². The smallest absolute Gasteiger partial charge is 0.251 e. The molecule has 192 valence electrons. The summed E-state index contributed by atoms with van der Waals surface area (Å²) in [7, 11) is 1.76. The summed E-state index contributed by atoms with van der Waals surface area (Å²) in [5.41, 5.74) is 2.84. The van der Waals surface area contributed by atoms with Crippen LogP contribution in [0.4, 0.5) is 5.69 Å². The number of amides is 3. The minimum Gasteiger partial charge on any atom is -0.394 e. The lowest BCUT2D eigenvalue weighted by atomic mass is 9.78. The maximum absolute atomic E-state index is 14.6. The minimum absolute atomic E-state index is 0.0586. The number of carbonyl (C=O) groups excluding carboxylic acids is 3. The van der Waals surface area contributed by atoms with Crippen molar-refractivity contribution in [3.05, 3.63) is 53.6 Å². The number of hydrogen-bond acceptors (Lipinski definition) is 5. The van der Waals surface area contributed by atoms with Gasteiger partial charge in [-0.2, -0.15) is 0 Å². The second kappa shape index (κ2) is 9.06. The van der Waals surface area contributed by atoms with E-state index in [1.807, 2.05) is 70.2 Å². The summed E-state index contributed by atoms with van der Waals surface area (Å²) in [5.74, 6) is -1.69. The predicted octanol–water partition coefficient (Wildman–Crippen LogP) is 2.55. The number of benzene rings is 1. The van der Waals surface area contributed by atoms with Crippen molar-refractivity contribution in [2.45, 2.75) is 49.8 Å². The van der Waals surface area contributed by atoms with Crippen molar-refractivity contribution in [1.82, 2.24) is 9.80 Å². The summed E-state index contributed by atoms with van der Waals surface area (Å²) in [6.07, 6.45) is 8.05. The van der Waals surface area contributed by atoms with E-state index in [0.717, 1.165) is 16.8 Å². The summed E-state index contributed by atoms with van der Waals surface area (Å²) in [6, 6.07) is 4.63. The van der Waals surface area contributed by atoms with E-state index < -0.39 is 28.7 Å². The highest BCUT2D eigenvalue weighted by molar-refractivity contribution is 8.02. The molecule has 0 radical (unpaired) electrons. The number of rotatable bonds is 4. The molecule has 36 heavy (non-hydrogen) atoms. The Balaban J connectivity index is 1.69. The number of aliphatic hydroxyl groups excluding tert-OH is 1. The molecule has 0 saturated carbocycles. The van der Waals surface area contributed by atoms with Crippen LogP contribution in [0.2, 0.25) is 0 Å². The third kappa shape index (κ3) is 3.48. The Morgan fingerprint density at radius 1 is 1.06 bits per heavy atom. The van der Waals surface area contributed by atoms with E-state index in [0.29, 0.717) is 13.1 Å². The number of likely N-dealkylation sites (tertiary alicyclic amines) is 1. The normalized spacial score (nSPS) is 32.5. The molecule has 1 N–H and O–H groups in total. The number of nitrogens with zero attached hydrogens (tertiary/aromatic N) is 3. The highest BCUT2D eigenvalue weighted by Crippen LogP contribution is 2.61. The van der Waals surface area contributed by atoms with Gasteiger partial charge in [-0.15, -0.1) is 11.8 Å². The topological polar surface area (TPSA) is 81.2 Å². The molecule has 3 amide bonds. The second-order valence-electron chi connectivity index (χ2n) is 10.8. The monoisotopic (exact) mass is 509 g/mol. The molecule has 4 aliphatic heterocycles. The number of anilines is 1. The van der Waals surface area contributed by atoms with Gasteiger partial charge in [0.15, 0.2) is 0 Å². The van der Waals surface area contributed by atoms with Crippen LogP contribution in [0.15, 0.2) is 42.5 Å². The number of para-hydroxylation sites is 1. The first kappa shape index (κ1) is 25.1. The largest absolute Gasteiger partial charge is 0.394 e. The first-order chi connectivity index (χ1) is 17.1. The summed E-state index contributed by atoms with van der Waals surface area (Å²) >= 11 is 1.57. The second-order valence-corrected chi connectivity index (χ2v) is 12.3.